The van der Waals surface area contributed by atoms with Gasteiger partial charge in [-0.3, -0.25) is 4.79 Å². The summed E-state index contributed by atoms with van der Waals surface area (Å²) in [5, 5.41) is 3.62. The highest BCUT2D eigenvalue weighted by atomic mass is 35.5. The number of ether oxygens (including phenoxy) is 2. The normalized spacial score (nSPS) is 11.9. The first-order chi connectivity index (χ1) is 16.5. The zero-order valence-corrected chi connectivity index (χ0v) is 20.1. The maximum Gasteiger partial charge on any atom is 0.258 e. The fourth-order valence-electron chi connectivity index (χ4n) is 3.73. The number of carbonyl (C=O) groups is 1. The number of nitrogens with one attached hydrogen (secondary N) is 1. The smallest absolute Gasteiger partial charge is 0.258 e. The number of nitrogens with zero attached hydrogens (tertiary/aromatic N) is 2. The Bertz CT molecular complexity index is 1240. The van der Waals surface area contributed by atoms with Gasteiger partial charge in [0.1, 0.15) is 17.3 Å². The molecule has 34 heavy (non-hydrogen) atoms. The number of rotatable bonds is 10. The van der Waals surface area contributed by atoms with Gasteiger partial charge in [0.05, 0.1) is 23.7 Å². The second kappa shape index (κ2) is 11.1. The van der Waals surface area contributed by atoms with Gasteiger partial charge < -0.3 is 19.4 Å². The van der Waals surface area contributed by atoms with E-state index in [0.29, 0.717) is 17.4 Å². The molecule has 7 heteroatoms. The highest BCUT2D eigenvalue weighted by Crippen LogP contribution is 2.22. The Morgan fingerprint density at radius 3 is 2.44 bits per heavy atom. The van der Waals surface area contributed by atoms with E-state index in [2.05, 4.69) is 16.8 Å². The zero-order valence-electron chi connectivity index (χ0n) is 19.3. The third-order valence-electron chi connectivity index (χ3n) is 5.45. The van der Waals surface area contributed by atoms with Gasteiger partial charge in [0.2, 0.25) is 0 Å². The van der Waals surface area contributed by atoms with Gasteiger partial charge in [-0.15, -0.1) is 0 Å². The van der Waals surface area contributed by atoms with Crippen LogP contribution in [0.4, 0.5) is 0 Å². The molecular weight excluding hydrogens is 450 g/mol. The fourth-order valence-corrected chi connectivity index (χ4v) is 3.86. The quantitative estimate of drug-likeness (QED) is 0.296. The number of imidazole rings is 1. The molecule has 4 rings (SSSR count). The van der Waals surface area contributed by atoms with Crippen LogP contribution in [0.2, 0.25) is 5.02 Å². The molecule has 0 fully saturated rings. The number of benzene rings is 3. The maximum atomic E-state index is 12.5. The number of hydrogen-bond donors (Lipinski definition) is 1. The summed E-state index contributed by atoms with van der Waals surface area (Å²) in [6.07, 6.45) is 0.807. The standard InChI is InChI=1S/C27H28ClN3O3/c1-19-8-12-22(13-9-19)33-17-5-16-31-25-7-4-3-6-24(25)30-27(31)20(2)29-26(32)18-34-23-14-10-21(28)11-15-23/h3-4,6-15,20H,5,16-18H2,1-2H3,(H,29,32). The van der Waals surface area contributed by atoms with E-state index in [9.17, 15) is 4.79 Å². The Labute approximate surface area is 204 Å². The second-order valence-electron chi connectivity index (χ2n) is 8.16. The summed E-state index contributed by atoms with van der Waals surface area (Å²) in [6, 6.07) is 22.7. The van der Waals surface area contributed by atoms with Crippen LogP contribution < -0.4 is 14.8 Å². The molecule has 0 aliphatic rings. The van der Waals surface area contributed by atoms with Crippen LogP contribution in [0.25, 0.3) is 11.0 Å². The first-order valence-electron chi connectivity index (χ1n) is 11.3. The number of para-hydroxylation sites is 2. The molecule has 3 aromatic carbocycles. The molecule has 0 bridgehead atoms. The van der Waals surface area contributed by atoms with Crippen LogP contribution in [-0.4, -0.2) is 28.7 Å². The van der Waals surface area contributed by atoms with Gasteiger partial charge in [0.25, 0.3) is 5.91 Å². The van der Waals surface area contributed by atoms with Crippen molar-refractivity contribution in [3.8, 4) is 11.5 Å². The van der Waals surface area contributed by atoms with Crippen molar-refractivity contribution in [2.45, 2.75) is 32.9 Å². The van der Waals surface area contributed by atoms with Crippen molar-refractivity contribution in [1.29, 1.82) is 0 Å². The molecule has 1 N–H and O–H groups in total. The topological polar surface area (TPSA) is 65.4 Å². The summed E-state index contributed by atoms with van der Waals surface area (Å²) >= 11 is 5.89. The fraction of sp³-hybridized carbons (Fsp3) is 0.259. The third-order valence-corrected chi connectivity index (χ3v) is 5.70. The molecule has 0 saturated carbocycles. The van der Waals surface area contributed by atoms with Gasteiger partial charge in [0, 0.05) is 11.6 Å². The summed E-state index contributed by atoms with van der Waals surface area (Å²) in [5.41, 5.74) is 3.14. The van der Waals surface area contributed by atoms with Crippen molar-refractivity contribution < 1.29 is 14.3 Å². The van der Waals surface area contributed by atoms with Crippen LogP contribution in [0, 0.1) is 6.92 Å². The van der Waals surface area contributed by atoms with E-state index in [4.69, 9.17) is 26.1 Å². The van der Waals surface area contributed by atoms with Crippen LogP contribution in [0.5, 0.6) is 11.5 Å². The Hall–Kier alpha value is -3.51. The lowest BCUT2D eigenvalue weighted by molar-refractivity contribution is -0.123. The molecule has 0 radical (unpaired) electrons. The van der Waals surface area contributed by atoms with Crippen LogP contribution >= 0.6 is 11.6 Å². The number of aryl methyl sites for hydroxylation is 2. The van der Waals surface area contributed by atoms with Crippen LogP contribution in [-0.2, 0) is 11.3 Å². The van der Waals surface area contributed by atoms with Crippen molar-refractivity contribution in [1.82, 2.24) is 14.9 Å². The molecule has 1 aromatic heterocycles. The molecule has 0 aliphatic carbocycles. The van der Waals surface area contributed by atoms with Gasteiger partial charge in [-0.1, -0.05) is 41.4 Å². The van der Waals surface area contributed by atoms with Gasteiger partial charge in [-0.05, 0) is 68.8 Å². The molecule has 1 heterocycles. The predicted molar refractivity (Wildman–Crippen MR) is 135 cm³/mol. The molecule has 6 nitrogen and oxygen atoms in total. The lowest BCUT2D eigenvalue weighted by Gasteiger charge is -2.17. The zero-order chi connectivity index (χ0) is 23.9. The van der Waals surface area contributed by atoms with Gasteiger partial charge in [-0.25, -0.2) is 4.98 Å². The van der Waals surface area contributed by atoms with Crippen molar-refractivity contribution in [3.63, 3.8) is 0 Å². The minimum absolute atomic E-state index is 0.0867. The Balaban J connectivity index is 1.38. The molecule has 0 spiro atoms. The predicted octanol–water partition coefficient (Wildman–Crippen LogP) is 5.72. The summed E-state index contributed by atoms with van der Waals surface area (Å²) in [6.45, 7) is 5.21. The van der Waals surface area contributed by atoms with Crippen LogP contribution in [0.1, 0.15) is 30.8 Å². The first kappa shape index (κ1) is 23.6. The first-order valence-corrected chi connectivity index (χ1v) is 11.7. The van der Waals surface area contributed by atoms with E-state index in [1.54, 1.807) is 24.3 Å². The van der Waals surface area contributed by atoms with Crippen molar-refractivity contribution in [2.75, 3.05) is 13.2 Å². The minimum Gasteiger partial charge on any atom is -0.494 e. The van der Waals surface area contributed by atoms with E-state index >= 15 is 0 Å². The Morgan fingerprint density at radius 1 is 1.00 bits per heavy atom. The van der Waals surface area contributed by atoms with Crippen LogP contribution in [0.3, 0.4) is 0 Å². The van der Waals surface area contributed by atoms with E-state index in [1.165, 1.54) is 5.56 Å². The summed E-state index contributed by atoms with van der Waals surface area (Å²) in [4.78, 5) is 17.3. The highest BCUT2D eigenvalue weighted by molar-refractivity contribution is 6.30. The summed E-state index contributed by atoms with van der Waals surface area (Å²) in [7, 11) is 0. The molecule has 1 unspecified atom stereocenters. The monoisotopic (exact) mass is 477 g/mol. The molecule has 1 amide bonds. The molecule has 4 aromatic rings. The molecule has 176 valence electrons. The van der Waals surface area contributed by atoms with E-state index < -0.39 is 0 Å². The molecule has 0 aliphatic heterocycles. The average Bonchev–Trinajstić information content (AvgIpc) is 3.21. The van der Waals surface area contributed by atoms with Gasteiger partial charge >= 0.3 is 0 Å². The molecule has 0 saturated heterocycles. The SMILES string of the molecule is Cc1ccc(OCCCn2c(C(C)NC(=O)COc3ccc(Cl)cc3)nc3ccccc32)cc1. The lowest BCUT2D eigenvalue weighted by Crippen LogP contribution is -2.32. The Morgan fingerprint density at radius 2 is 1.68 bits per heavy atom. The van der Waals surface area contributed by atoms with Crippen molar-refractivity contribution in [3.05, 3.63) is 89.2 Å². The van der Waals surface area contributed by atoms with Crippen molar-refractivity contribution >= 4 is 28.5 Å². The number of hydrogen-bond acceptors (Lipinski definition) is 4. The number of carbonyl (C=O) groups excluding carboxylic acids is 1. The number of aromatic nitrogens is 2. The van der Waals surface area contributed by atoms with Crippen molar-refractivity contribution in [2.24, 2.45) is 0 Å². The van der Waals surface area contributed by atoms with E-state index in [-0.39, 0.29) is 18.6 Å². The van der Waals surface area contributed by atoms with Gasteiger partial charge in [0.15, 0.2) is 6.61 Å². The largest absolute Gasteiger partial charge is 0.494 e. The van der Waals surface area contributed by atoms with Gasteiger partial charge in [-0.2, -0.15) is 0 Å². The molecular formula is C27H28ClN3O3. The number of halogens is 1. The maximum absolute atomic E-state index is 12.5. The molecule has 1 atom stereocenters. The minimum atomic E-state index is -0.285. The average molecular weight is 478 g/mol. The third kappa shape index (κ3) is 6.08. The summed E-state index contributed by atoms with van der Waals surface area (Å²) < 4.78 is 13.6. The lowest BCUT2D eigenvalue weighted by atomic mass is 10.2. The number of fused-ring (bicyclic) bond motifs is 1. The second-order valence-corrected chi connectivity index (χ2v) is 8.59. The van der Waals surface area contributed by atoms with E-state index in [0.717, 1.165) is 35.6 Å². The Kier molecular flexibility index (Phi) is 7.70. The number of amides is 1. The highest BCUT2D eigenvalue weighted by Gasteiger charge is 2.18. The van der Waals surface area contributed by atoms with E-state index in [1.807, 2.05) is 55.5 Å². The van der Waals surface area contributed by atoms with Crippen LogP contribution in [0.15, 0.2) is 72.8 Å². The summed E-state index contributed by atoms with van der Waals surface area (Å²) in [5.74, 6) is 2.04.